The van der Waals surface area contributed by atoms with Gasteiger partial charge in [-0.15, -0.1) is 0 Å². The number of rotatable bonds is 5. The molecule has 1 saturated carbocycles. The molecule has 1 aliphatic rings. The second-order valence-corrected chi connectivity index (χ2v) is 5.88. The maximum Gasteiger partial charge on any atom is 0.255 e. The van der Waals surface area contributed by atoms with Crippen LogP contribution in [0.4, 0.5) is 0 Å². The summed E-state index contributed by atoms with van der Waals surface area (Å²) < 4.78 is 0. The third-order valence-electron chi connectivity index (χ3n) is 3.52. The average Bonchev–Trinajstić information content (AvgIpc) is 3.30. The molecular formula is C17H23N3O. The maximum atomic E-state index is 12.7. The van der Waals surface area contributed by atoms with Crippen LogP contribution < -0.4 is 5.73 Å². The van der Waals surface area contributed by atoms with E-state index < -0.39 is 0 Å². The fourth-order valence-electron chi connectivity index (χ4n) is 2.18. The summed E-state index contributed by atoms with van der Waals surface area (Å²) in [6.45, 7) is 5.49. The van der Waals surface area contributed by atoms with Crippen molar-refractivity contribution < 1.29 is 4.79 Å². The maximum absolute atomic E-state index is 12.7. The predicted octanol–water partition coefficient (Wildman–Crippen LogP) is 2.04. The number of hydrogen-bond acceptors (Lipinski definition) is 3. The normalized spacial score (nSPS) is 13.7. The largest absolute Gasteiger partial charge is 0.336 e. The van der Waals surface area contributed by atoms with Gasteiger partial charge in [-0.3, -0.25) is 9.78 Å². The molecule has 1 aromatic heterocycles. The van der Waals surface area contributed by atoms with Crippen LogP contribution >= 0.6 is 0 Å². The van der Waals surface area contributed by atoms with Gasteiger partial charge < -0.3 is 10.6 Å². The molecule has 0 radical (unpaired) electrons. The van der Waals surface area contributed by atoms with Crippen LogP contribution in [0.1, 0.15) is 49.0 Å². The van der Waals surface area contributed by atoms with Gasteiger partial charge in [0.15, 0.2) is 0 Å². The SMILES string of the molecule is CC(C)CCN(C(=O)c1cncc(C#CCN)c1)C1CC1. The number of pyridine rings is 1. The summed E-state index contributed by atoms with van der Waals surface area (Å²) in [5.74, 6) is 6.38. The van der Waals surface area contributed by atoms with Crippen molar-refractivity contribution in [3.63, 3.8) is 0 Å². The zero-order valence-corrected chi connectivity index (χ0v) is 12.8. The molecule has 1 aliphatic carbocycles. The van der Waals surface area contributed by atoms with E-state index in [9.17, 15) is 4.79 Å². The van der Waals surface area contributed by atoms with E-state index in [1.165, 1.54) is 0 Å². The quantitative estimate of drug-likeness (QED) is 0.842. The Morgan fingerprint density at radius 2 is 2.24 bits per heavy atom. The highest BCUT2D eigenvalue weighted by atomic mass is 16.2. The number of nitrogens with zero attached hydrogens (tertiary/aromatic N) is 2. The highest BCUT2D eigenvalue weighted by Gasteiger charge is 2.32. The van der Waals surface area contributed by atoms with Crippen molar-refractivity contribution >= 4 is 5.91 Å². The molecule has 21 heavy (non-hydrogen) atoms. The van der Waals surface area contributed by atoms with Gasteiger partial charge in [-0.1, -0.05) is 25.7 Å². The summed E-state index contributed by atoms with van der Waals surface area (Å²) in [4.78, 5) is 18.8. The van der Waals surface area contributed by atoms with Crippen LogP contribution in [0.5, 0.6) is 0 Å². The zero-order valence-electron chi connectivity index (χ0n) is 12.8. The van der Waals surface area contributed by atoms with Crippen molar-refractivity contribution in [3.05, 3.63) is 29.6 Å². The number of amides is 1. The summed E-state index contributed by atoms with van der Waals surface area (Å²) in [5.41, 5.74) is 6.73. The lowest BCUT2D eigenvalue weighted by atomic mass is 10.1. The summed E-state index contributed by atoms with van der Waals surface area (Å²) in [7, 11) is 0. The molecule has 1 amide bonds. The van der Waals surface area contributed by atoms with Crippen LogP contribution in [-0.4, -0.2) is 34.9 Å². The molecule has 0 bridgehead atoms. The Bertz CT molecular complexity index is 553. The van der Waals surface area contributed by atoms with Gasteiger partial charge in [-0.05, 0) is 31.2 Å². The number of carbonyl (C=O) groups is 1. The number of aromatic nitrogens is 1. The van der Waals surface area contributed by atoms with Crippen molar-refractivity contribution in [3.8, 4) is 11.8 Å². The molecule has 0 spiro atoms. The minimum Gasteiger partial charge on any atom is -0.336 e. The molecule has 0 saturated heterocycles. The second-order valence-electron chi connectivity index (χ2n) is 5.88. The van der Waals surface area contributed by atoms with E-state index in [-0.39, 0.29) is 5.91 Å². The van der Waals surface area contributed by atoms with E-state index in [2.05, 4.69) is 30.7 Å². The Hall–Kier alpha value is -1.86. The molecule has 0 unspecified atom stereocenters. The Morgan fingerprint density at radius 1 is 1.48 bits per heavy atom. The summed E-state index contributed by atoms with van der Waals surface area (Å²) in [6.07, 6.45) is 6.55. The lowest BCUT2D eigenvalue weighted by Crippen LogP contribution is -2.34. The molecule has 1 fully saturated rings. The molecule has 0 aromatic carbocycles. The fraction of sp³-hybridized carbons (Fsp3) is 0.529. The van der Waals surface area contributed by atoms with Gasteiger partial charge in [0, 0.05) is 30.5 Å². The monoisotopic (exact) mass is 285 g/mol. The summed E-state index contributed by atoms with van der Waals surface area (Å²) >= 11 is 0. The van der Waals surface area contributed by atoms with E-state index in [1.807, 2.05) is 11.0 Å². The number of carbonyl (C=O) groups excluding carboxylic acids is 1. The highest BCUT2D eigenvalue weighted by Crippen LogP contribution is 2.28. The molecule has 112 valence electrons. The minimum atomic E-state index is 0.0713. The molecule has 4 nitrogen and oxygen atoms in total. The highest BCUT2D eigenvalue weighted by molar-refractivity contribution is 5.94. The Labute approximate surface area is 126 Å². The second kappa shape index (κ2) is 7.24. The van der Waals surface area contributed by atoms with E-state index in [0.717, 1.165) is 31.4 Å². The number of nitrogens with two attached hydrogens (primary N) is 1. The van der Waals surface area contributed by atoms with Crippen LogP contribution in [0.2, 0.25) is 0 Å². The third kappa shape index (κ3) is 4.57. The average molecular weight is 285 g/mol. The van der Waals surface area contributed by atoms with Crippen molar-refractivity contribution in [2.24, 2.45) is 11.7 Å². The van der Waals surface area contributed by atoms with Crippen molar-refractivity contribution in [2.75, 3.05) is 13.1 Å². The van der Waals surface area contributed by atoms with Crippen LogP contribution in [0, 0.1) is 17.8 Å². The lowest BCUT2D eigenvalue weighted by molar-refractivity contribution is 0.0735. The summed E-state index contributed by atoms with van der Waals surface area (Å²) in [5, 5.41) is 0. The van der Waals surface area contributed by atoms with Gasteiger partial charge in [0.1, 0.15) is 0 Å². The first-order valence-corrected chi connectivity index (χ1v) is 7.56. The van der Waals surface area contributed by atoms with Gasteiger partial charge in [0.2, 0.25) is 0 Å². The fourth-order valence-corrected chi connectivity index (χ4v) is 2.18. The van der Waals surface area contributed by atoms with E-state index in [0.29, 0.717) is 24.1 Å². The molecule has 4 heteroatoms. The van der Waals surface area contributed by atoms with Crippen molar-refractivity contribution in [1.82, 2.24) is 9.88 Å². The first-order chi connectivity index (χ1) is 10.1. The third-order valence-corrected chi connectivity index (χ3v) is 3.52. The number of hydrogen-bond donors (Lipinski definition) is 1. The Kier molecular flexibility index (Phi) is 5.35. The molecule has 0 atom stereocenters. The minimum absolute atomic E-state index is 0.0713. The van der Waals surface area contributed by atoms with Crippen LogP contribution in [0.15, 0.2) is 18.5 Å². The van der Waals surface area contributed by atoms with E-state index >= 15 is 0 Å². The Balaban J connectivity index is 2.12. The van der Waals surface area contributed by atoms with Gasteiger partial charge in [0.05, 0.1) is 12.1 Å². The van der Waals surface area contributed by atoms with Gasteiger partial charge in [-0.25, -0.2) is 0 Å². The van der Waals surface area contributed by atoms with E-state index in [4.69, 9.17) is 5.73 Å². The first-order valence-electron chi connectivity index (χ1n) is 7.56. The van der Waals surface area contributed by atoms with Gasteiger partial charge in [-0.2, -0.15) is 0 Å². The smallest absolute Gasteiger partial charge is 0.255 e. The van der Waals surface area contributed by atoms with Crippen LogP contribution in [-0.2, 0) is 0 Å². The van der Waals surface area contributed by atoms with Crippen molar-refractivity contribution in [2.45, 2.75) is 39.2 Å². The first kappa shape index (κ1) is 15.5. The molecular weight excluding hydrogens is 262 g/mol. The lowest BCUT2D eigenvalue weighted by Gasteiger charge is -2.23. The molecule has 2 rings (SSSR count). The topological polar surface area (TPSA) is 59.2 Å². The predicted molar refractivity (Wildman–Crippen MR) is 83.7 cm³/mol. The molecule has 2 N–H and O–H groups in total. The Morgan fingerprint density at radius 3 is 2.86 bits per heavy atom. The molecule has 0 aliphatic heterocycles. The van der Waals surface area contributed by atoms with Gasteiger partial charge in [0.25, 0.3) is 5.91 Å². The van der Waals surface area contributed by atoms with E-state index in [1.54, 1.807) is 12.4 Å². The van der Waals surface area contributed by atoms with Gasteiger partial charge >= 0.3 is 0 Å². The standard InChI is InChI=1S/C17H23N3O/c1-13(2)7-9-20(16-5-6-16)17(21)15-10-14(4-3-8-18)11-19-12-15/h10-13,16H,5-9,18H2,1-2H3. The molecule has 1 heterocycles. The molecule has 1 aromatic rings. The van der Waals surface area contributed by atoms with Crippen LogP contribution in [0.3, 0.4) is 0 Å². The summed E-state index contributed by atoms with van der Waals surface area (Å²) in [6, 6.07) is 2.22. The van der Waals surface area contributed by atoms with Crippen molar-refractivity contribution in [1.29, 1.82) is 0 Å². The zero-order chi connectivity index (χ0) is 15.2. The van der Waals surface area contributed by atoms with Crippen LogP contribution in [0.25, 0.3) is 0 Å².